The van der Waals surface area contributed by atoms with E-state index in [1.165, 1.54) is 0 Å². The van der Waals surface area contributed by atoms with E-state index in [1.807, 2.05) is 0 Å². The molecule has 0 N–H and O–H groups in total. The van der Waals surface area contributed by atoms with Crippen molar-refractivity contribution in [2.45, 2.75) is 0 Å². The Morgan fingerprint density at radius 2 is 0.909 bits per heavy atom. The molecule has 0 aliphatic heterocycles. The predicted octanol–water partition coefficient (Wildman–Crippen LogP) is 2.75. The fraction of sp³-hybridized carbons (Fsp3) is 0. The van der Waals surface area contributed by atoms with Crippen LogP contribution in [-0.4, -0.2) is 11.9 Å². The second-order valence-corrected chi connectivity index (χ2v) is 3.88. The molecule has 0 spiro atoms. The molecule has 8 heteroatoms. The molecule has 0 unspecified atom stereocenters. The number of benzene rings is 2. The minimum atomic E-state index is -1.84. The lowest BCUT2D eigenvalue weighted by Crippen LogP contribution is -2.26. The van der Waals surface area contributed by atoms with Gasteiger partial charge in [-0.2, -0.15) is 0 Å². The van der Waals surface area contributed by atoms with Crippen LogP contribution in [0.1, 0.15) is 0 Å². The monoisotopic (exact) mass is 314 g/mol. The number of hydrogen-bond acceptors (Lipinski definition) is 4. The topological polar surface area (TPSA) is 52.6 Å². The van der Waals surface area contributed by atoms with Crippen molar-refractivity contribution in [3.05, 3.63) is 59.7 Å². The van der Waals surface area contributed by atoms with Crippen molar-refractivity contribution in [3.8, 4) is 11.5 Å². The minimum absolute atomic E-state index is 0.785. The molecular formula is C14H6F4O4. The van der Waals surface area contributed by atoms with Gasteiger partial charge in [0.2, 0.25) is 11.5 Å². The van der Waals surface area contributed by atoms with Gasteiger partial charge >= 0.3 is 11.9 Å². The minimum Gasteiger partial charge on any atom is -0.412 e. The molecular weight excluding hydrogens is 308 g/mol. The third-order valence-electron chi connectivity index (χ3n) is 2.39. The Hall–Kier alpha value is -2.90. The quantitative estimate of drug-likeness (QED) is 0.370. The molecule has 0 aromatic heterocycles. The molecule has 0 saturated heterocycles. The van der Waals surface area contributed by atoms with Gasteiger partial charge in [-0.3, -0.25) is 0 Å². The molecule has 0 bridgehead atoms. The van der Waals surface area contributed by atoms with Gasteiger partial charge in [0.25, 0.3) is 0 Å². The number of hydrogen-bond donors (Lipinski definition) is 0. The third-order valence-corrected chi connectivity index (χ3v) is 2.39. The smallest absolute Gasteiger partial charge is 0.412 e. The van der Waals surface area contributed by atoms with Gasteiger partial charge in [0, 0.05) is 0 Å². The average molecular weight is 314 g/mol. The highest BCUT2D eigenvalue weighted by Crippen LogP contribution is 2.23. The van der Waals surface area contributed by atoms with E-state index in [-0.39, 0.29) is 0 Å². The van der Waals surface area contributed by atoms with Gasteiger partial charge in [-0.25, -0.2) is 27.2 Å². The molecule has 0 radical (unpaired) electrons. The number of ether oxygens (including phenoxy) is 2. The standard InChI is InChI=1S/C14H6F4O4/c15-7-3-1-4-8(16)11(7)21-13(19)14(20)22-12-9(17)5-2-6-10(12)18/h1-6H. The first kappa shape index (κ1) is 15.5. The number of carbonyl (C=O) groups excluding carboxylic acids is 2. The molecule has 0 amide bonds. The molecule has 2 aromatic rings. The summed E-state index contributed by atoms with van der Waals surface area (Å²) in [6, 6.07) is 5.16. The van der Waals surface area contributed by atoms with Gasteiger partial charge in [-0.1, -0.05) is 12.1 Å². The zero-order valence-electron chi connectivity index (χ0n) is 10.6. The third kappa shape index (κ3) is 3.22. The van der Waals surface area contributed by atoms with Crippen LogP contribution in [-0.2, 0) is 9.59 Å². The maximum absolute atomic E-state index is 13.2. The van der Waals surface area contributed by atoms with Crippen LogP contribution in [0, 0.1) is 23.3 Å². The highest BCUT2D eigenvalue weighted by atomic mass is 19.1. The second kappa shape index (κ2) is 6.25. The summed E-state index contributed by atoms with van der Waals surface area (Å²) in [6.45, 7) is 0. The molecule has 4 nitrogen and oxygen atoms in total. The number of esters is 2. The van der Waals surface area contributed by atoms with Gasteiger partial charge in [0.15, 0.2) is 23.3 Å². The lowest BCUT2D eigenvalue weighted by atomic mass is 10.3. The number of halogens is 4. The van der Waals surface area contributed by atoms with Gasteiger partial charge < -0.3 is 9.47 Å². The van der Waals surface area contributed by atoms with Crippen LogP contribution in [0.4, 0.5) is 17.6 Å². The van der Waals surface area contributed by atoms with Gasteiger partial charge in [0.05, 0.1) is 0 Å². The van der Waals surface area contributed by atoms with Crippen molar-refractivity contribution < 1.29 is 36.6 Å². The van der Waals surface area contributed by atoms with Crippen molar-refractivity contribution >= 4 is 11.9 Å². The van der Waals surface area contributed by atoms with Crippen molar-refractivity contribution in [2.24, 2.45) is 0 Å². The fourth-order valence-electron chi connectivity index (χ4n) is 1.43. The van der Waals surface area contributed by atoms with Gasteiger partial charge in [0.1, 0.15) is 0 Å². The zero-order valence-corrected chi connectivity index (χ0v) is 10.6. The predicted molar refractivity (Wildman–Crippen MR) is 64.0 cm³/mol. The van der Waals surface area contributed by atoms with E-state index in [1.54, 1.807) is 0 Å². The molecule has 0 heterocycles. The SMILES string of the molecule is O=C(Oc1c(F)cccc1F)C(=O)Oc1c(F)cccc1F. The van der Waals surface area contributed by atoms with Crippen LogP contribution < -0.4 is 9.47 Å². The molecule has 0 fully saturated rings. The molecule has 0 aliphatic carbocycles. The molecule has 0 aliphatic rings. The Labute approximate surface area is 120 Å². The van der Waals surface area contributed by atoms with E-state index in [9.17, 15) is 27.2 Å². The Bertz CT molecular complexity index is 642. The molecule has 114 valence electrons. The summed E-state index contributed by atoms with van der Waals surface area (Å²) >= 11 is 0. The summed E-state index contributed by atoms with van der Waals surface area (Å²) in [6.07, 6.45) is 0. The fourth-order valence-corrected chi connectivity index (χ4v) is 1.43. The van der Waals surface area contributed by atoms with Crippen LogP contribution in [0.2, 0.25) is 0 Å². The first-order chi connectivity index (χ1) is 10.4. The van der Waals surface area contributed by atoms with E-state index >= 15 is 0 Å². The maximum atomic E-state index is 13.2. The van der Waals surface area contributed by atoms with Crippen LogP contribution in [0.15, 0.2) is 36.4 Å². The zero-order chi connectivity index (χ0) is 16.3. The molecule has 2 aromatic carbocycles. The van der Waals surface area contributed by atoms with E-state index < -0.39 is 46.7 Å². The maximum Gasteiger partial charge on any atom is 0.423 e. The number of rotatable bonds is 2. The van der Waals surface area contributed by atoms with Crippen LogP contribution in [0.3, 0.4) is 0 Å². The molecule has 0 saturated carbocycles. The lowest BCUT2D eigenvalue weighted by molar-refractivity contribution is -0.156. The lowest BCUT2D eigenvalue weighted by Gasteiger charge is -2.07. The Morgan fingerprint density at radius 1 is 0.636 bits per heavy atom. The highest BCUT2D eigenvalue weighted by Gasteiger charge is 2.25. The van der Waals surface area contributed by atoms with E-state index in [2.05, 4.69) is 9.47 Å². The van der Waals surface area contributed by atoms with Crippen LogP contribution in [0.25, 0.3) is 0 Å². The Balaban J connectivity index is 2.15. The highest BCUT2D eigenvalue weighted by molar-refractivity contribution is 6.31. The first-order valence-corrected chi connectivity index (χ1v) is 5.72. The van der Waals surface area contributed by atoms with E-state index in [0.717, 1.165) is 36.4 Å². The van der Waals surface area contributed by atoms with Crippen molar-refractivity contribution in [2.75, 3.05) is 0 Å². The number of carbonyl (C=O) groups is 2. The Morgan fingerprint density at radius 3 is 1.18 bits per heavy atom. The van der Waals surface area contributed by atoms with Gasteiger partial charge in [-0.15, -0.1) is 0 Å². The normalized spacial score (nSPS) is 10.2. The Kier molecular flexibility index (Phi) is 4.40. The summed E-state index contributed by atoms with van der Waals surface area (Å²) in [5.74, 6) is -10.9. The van der Waals surface area contributed by atoms with Crippen molar-refractivity contribution in [1.29, 1.82) is 0 Å². The van der Waals surface area contributed by atoms with Gasteiger partial charge in [-0.05, 0) is 24.3 Å². The van der Waals surface area contributed by atoms with E-state index in [0.29, 0.717) is 0 Å². The van der Waals surface area contributed by atoms with Crippen LogP contribution >= 0.6 is 0 Å². The molecule has 2 rings (SSSR count). The van der Waals surface area contributed by atoms with Crippen molar-refractivity contribution in [1.82, 2.24) is 0 Å². The van der Waals surface area contributed by atoms with Crippen LogP contribution in [0.5, 0.6) is 11.5 Å². The largest absolute Gasteiger partial charge is 0.423 e. The molecule has 22 heavy (non-hydrogen) atoms. The molecule has 0 atom stereocenters. The summed E-state index contributed by atoms with van der Waals surface area (Å²) in [7, 11) is 0. The summed E-state index contributed by atoms with van der Waals surface area (Å²) in [4.78, 5) is 22.7. The summed E-state index contributed by atoms with van der Waals surface area (Å²) in [5.41, 5.74) is 0. The van der Waals surface area contributed by atoms with Crippen molar-refractivity contribution in [3.63, 3.8) is 0 Å². The summed E-state index contributed by atoms with van der Waals surface area (Å²) < 4.78 is 61.3. The summed E-state index contributed by atoms with van der Waals surface area (Å²) in [5, 5.41) is 0. The number of para-hydroxylation sites is 2. The first-order valence-electron chi connectivity index (χ1n) is 5.72. The van der Waals surface area contributed by atoms with E-state index in [4.69, 9.17) is 0 Å². The average Bonchev–Trinajstić information content (AvgIpc) is 2.46. The second-order valence-electron chi connectivity index (χ2n) is 3.88.